The Labute approximate surface area is 442 Å². The predicted molar refractivity (Wildman–Crippen MR) is 307 cm³/mol. The molecule has 0 fully saturated rings. The number of likely N-dealkylation sites (N-methyl/N-ethyl adjacent to an activating group) is 1. The molecule has 1 N–H and O–H groups in total. The van der Waals surface area contributed by atoms with E-state index in [4.69, 9.17) is 18.5 Å². The van der Waals surface area contributed by atoms with Gasteiger partial charge < -0.3 is 18.9 Å². The van der Waals surface area contributed by atoms with Crippen molar-refractivity contribution in [3.8, 4) is 0 Å². The minimum absolute atomic E-state index is 0.0260. The third-order valence-electron chi connectivity index (χ3n) is 11.8. The molecule has 0 saturated heterocycles. The summed E-state index contributed by atoms with van der Waals surface area (Å²) in [5.41, 5.74) is 0. The van der Waals surface area contributed by atoms with Crippen molar-refractivity contribution in [1.82, 2.24) is 0 Å². The fourth-order valence-electron chi connectivity index (χ4n) is 7.36. The largest absolute Gasteiger partial charge is 0.472 e. The second-order valence-electron chi connectivity index (χ2n) is 19.9. The van der Waals surface area contributed by atoms with E-state index in [1.54, 1.807) is 0 Å². The third kappa shape index (κ3) is 56.0. The van der Waals surface area contributed by atoms with Crippen LogP contribution in [0.25, 0.3) is 0 Å². The average Bonchev–Trinajstić information content (AvgIpc) is 3.34. The molecule has 0 radical (unpaired) electrons. The van der Waals surface area contributed by atoms with E-state index in [0.29, 0.717) is 17.4 Å². The molecule has 0 bridgehead atoms. The maximum Gasteiger partial charge on any atom is 0.472 e. The van der Waals surface area contributed by atoms with Gasteiger partial charge in [0.05, 0.1) is 27.7 Å². The van der Waals surface area contributed by atoms with Crippen molar-refractivity contribution in [1.29, 1.82) is 0 Å². The van der Waals surface area contributed by atoms with E-state index in [0.717, 1.165) is 116 Å². The van der Waals surface area contributed by atoms with Crippen molar-refractivity contribution in [3.63, 3.8) is 0 Å². The number of phosphoric ester groups is 1. The topological polar surface area (TPSA) is 108 Å². The lowest BCUT2D eigenvalue weighted by Gasteiger charge is -2.24. The Hall–Kier alpha value is -3.33. The summed E-state index contributed by atoms with van der Waals surface area (Å²) in [6.07, 6.45) is 73.1. The number of phosphoric acid groups is 1. The van der Waals surface area contributed by atoms with Crippen LogP contribution in [0.5, 0.6) is 0 Å². The molecule has 0 aromatic heterocycles. The fraction of sp³-hybridized carbons (Fsp3) is 0.677. The quantitative estimate of drug-likeness (QED) is 0.0211. The molecule has 0 heterocycles. The number of esters is 2. The summed E-state index contributed by atoms with van der Waals surface area (Å²) in [5.74, 6) is -0.816. The number of unbranched alkanes of at least 4 members (excludes halogenated alkanes) is 19. The molecule has 0 rings (SSSR count). The maximum atomic E-state index is 12.8. The maximum absolute atomic E-state index is 12.8. The number of carbonyl (C=O) groups excluding carboxylic acids is 2. The first-order valence-corrected chi connectivity index (χ1v) is 30.1. The molecule has 0 spiro atoms. The zero-order valence-electron chi connectivity index (χ0n) is 46.6. The number of allylic oxidation sites excluding steroid dienone is 18. The normalized spacial score (nSPS) is 14.1. The van der Waals surface area contributed by atoms with Gasteiger partial charge in [0.25, 0.3) is 0 Å². The Morgan fingerprint density at radius 3 is 1.19 bits per heavy atom. The van der Waals surface area contributed by atoms with E-state index in [9.17, 15) is 19.0 Å². The minimum Gasteiger partial charge on any atom is -0.462 e. The monoisotopic (exact) mass is 1020 g/mol. The van der Waals surface area contributed by atoms with Crippen LogP contribution in [0.2, 0.25) is 0 Å². The van der Waals surface area contributed by atoms with Crippen LogP contribution in [0, 0.1) is 0 Å². The summed E-state index contributed by atoms with van der Waals surface area (Å²) in [6.45, 7) is 4.25. The molecule has 2 atom stereocenters. The number of ether oxygens (including phenoxy) is 2. The van der Waals surface area contributed by atoms with Crippen molar-refractivity contribution in [2.24, 2.45) is 0 Å². The van der Waals surface area contributed by atoms with Crippen LogP contribution in [0.4, 0.5) is 0 Å². The number of quaternary nitrogens is 1. The molecule has 2 unspecified atom stereocenters. The van der Waals surface area contributed by atoms with Gasteiger partial charge in [-0.15, -0.1) is 0 Å². The summed E-state index contributed by atoms with van der Waals surface area (Å²) in [6, 6.07) is 0. The summed E-state index contributed by atoms with van der Waals surface area (Å²) in [7, 11) is 1.46. The smallest absolute Gasteiger partial charge is 0.462 e. The number of hydrogen-bond acceptors (Lipinski definition) is 7. The van der Waals surface area contributed by atoms with Gasteiger partial charge in [0.1, 0.15) is 19.8 Å². The Balaban J connectivity index is 4.05. The zero-order chi connectivity index (χ0) is 52.7. The van der Waals surface area contributed by atoms with Gasteiger partial charge in [0.15, 0.2) is 6.10 Å². The Morgan fingerprint density at radius 1 is 0.444 bits per heavy atom. The van der Waals surface area contributed by atoms with Gasteiger partial charge in [-0.05, 0) is 96.3 Å². The Morgan fingerprint density at radius 2 is 0.792 bits per heavy atom. The fourth-order valence-corrected chi connectivity index (χ4v) is 8.11. The molecule has 0 aliphatic rings. The molecule has 412 valence electrons. The van der Waals surface area contributed by atoms with Crippen LogP contribution >= 0.6 is 7.82 Å². The van der Waals surface area contributed by atoms with Crippen LogP contribution in [0.15, 0.2) is 109 Å². The third-order valence-corrected chi connectivity index (χ3v) is 12.8. The molecular formula is C62H107NO8P+. The van der Waals surface area contributed by atoms with Crippen LogP contribution in [0.1, 0.15) is 219 Å². The van der Waals surface area contributed by atoms with Crippen molar-refractivity contribution in [2.75, 3.05) is 47.5 Å². The van der Waals surface area contributed by atoms with Crippen molar-refractivity contribution in [3.05, 3.63) is 109 Å². The van der Waals surface area contributed by atoms with Gasteiger partial charge in [-0.2, -0.15) is 0 Å². The van der Waals surface area contributed by atoms with E-state index in [2.05, 4.69) is 123 Å². The number of rotatable bonds is 51. The van der Waals surface area contributed by atoms with E-state index in [-0.39, 0.29) is 32.0 Å². The Kier molecular flexibility index (Phi) is 50.1. The van der Waals surface area contributed by atoms with Gasteiger partial charge in [0.2, 0.25) is 0 Å². The predicted octanol–water partition coefficient (Wildman–Crippen LogP) is 17.8. The molecule has 0 aliphatic heterocycles. The number of hydrogen-bond donors (Lipinski definition) is 1. The lowest BCUT2D eigenvalue weighted by atomic mass is 10.0. The number of nitrogens with zero attached hydrogens (tertiary/aromatic N) is 1. The molecule has 0 aliphatic carbocycles. The zero-order valence-corrected chi connectivity index (χ0v) is 47.5. The van der Waals surface area contributed by atoms with Crippen LogP contribution < -0.4 is 0 Å². The van der Waals surface area contributed by atoms with Gasteiger partial charge in [0, 0.05) is 12.8 Å². The van der Waals surface area contributed by atoms with Gasteiger partial charge in [-0.25, -0.2) is 4.57 Å². The van der Waals surface area contributed by atoms with E-state index in [1.165, 1.54) is 70.6 Å². The highest BCUT2D eigenvalue weighted by Crippen LogP contribution is 2.43. The summed E-state index contributed by atoms with van der Waals surface area (Å²) < 4.78 is 34.4. The highest BCUT2D eigenvalue weighted by atomic mass is 31.2. The van der Waals surface area contributed by atoms with Crippen LogP contribution in [-0.4, -0.2) is 74.9 Å². The average molecular weight is 1030 g/mol. The van der Waals surface area contributed by atoms with Crippen molar-refractivity contribution in [2.45, 2.75) is 225 Å². The molecular weight excluding hydrogens is 918 g/mol. The van der Waals surface area contributed by atoms with Gasteiger partial charge in [-0.1, -0.05) is 220 Å². The van der Waals surface area contributed by atoms with Gasteiger partial charge >= 0.3 is 19.8 Å². The molecule has 0 aromatic rings. The summed E-state index contributed by atoms with van der Waals surface area (Å²) >= 11 is 0. The Bertz CT molecular complexity index is 1580. The molecule has 0 aromatic carbocycles. The lowest BCUT2D eigenvalue weighted by Crippen LogP contribution is -2.37. The van der Waals surface area contributed by atoms with Gasteiger partial charge in [-0.3, -0.25) is 18.6 Å². The summed E-state index contributed by atoms with van der Waals surface area (Å²) in [5, 5.41) is 0. The highest BCUT2D eigenvalue weighted by molar-refractivity contribution is 7.47. The van der Waals surface area contributed by atoms with Crippen molar-refractivity contribution >= 4 is 19.8 Å². The first kappa shape index (κ1) is 68.7. The number of carbonyl (C=O) groups is 2. The molecule has 9 nitrogen and oxygen atoms in total. The van der Waals surface area contributed by atoms with Crippen molar-refractivity contribution < 1.29 is 42.1 Å². The molecule has 0 amide bonds. The lowest BCUT2D eigenvalue weighted by molar-refractivity contribution is -0.870. The highest BCUT2D eigenvalue weighted by Gasteiger charge is 2.27. The summed E-state index contributed by atoms with van der Waals surface area (Å²) in [4.78, 5) is 35.5. The molecule has 10 heteroatoms. The second-order valence-corrected chi connectivity index (χ2v) is 21.4. The van der Waals surface area contributed by atoms with E-state index in [1.807, 2.05) is 21.1 Å². The van der Waals surface area contributed by atoms with E-state index < -0.39 is 26.5 Å². The van der Waals surface area contributed by atoms with E-state index >= 15 is 0 Å². The first-order valence-electron chi connectivity index (χ1n) is 28.6. The molecule has 72 heavy (non-hydrogen) atoms. The first-order chi connectivity index (χ1) is 35.0. The second kappa shape index (κ2) is 52.5. The SMILES string of the molecule is CC/C=C\C/C=C\C/C=C\C/C=C\C/C=C\C/C=C\C/C=C\C/C=C\CCCCCCCCCCCCCCC(=O)OC(COC(=O)CCCCCCC/C=C\CCCC)COP(=O)(O)OCC[N+](C)(C)C. The van der Waals surface area contributed by atoms with Crippen LogP contribution in [0.3, 0.4) is 0 Å². The minimum atomic E-state index is -4.39. The standard InChI is InChI=1S/C62H106NO8P/c1-6-8-10-12-14-16-18-19-20-21-22-23-24-25-26-27-28-29-30-31-32-33-34-35-36-37-38-39-40-41-42-43-45-47-49-51-53-55-62(65)71-60(59-70-72(66,67)69-57-56-63(3,4)5)58-68-61(64)54-52-50-48-46-44-17-15-13-11-9-7-2/h8,10,13-16,19-20,22-23,25-26,28-29,31-32,34-35,60H,6-7,9,11-12,17-18,21,24,27,30,33,36-59H2,1-5H3/p+1/b10-8-,15-13-,16-14-,20-19-,23-22-,26-25-,29-28-,32-31-,35-34-. The van der Waals surface area contributed by atoms with Crippen LogP contribution in [-0.2, 0) is 32.7 Å². The molecule has 0 saturated carbocycles.